The van der Waals surface area contributed by atoms with Crippen molar-refractivity contribution in [2.45, 2.75) is 0 Å². The van der Waals surface area contributed by atoms with Gasteiger partial charge in [0.15, 0.2) is 6.33 Å². The Morgan fingerprint density at radius 3 is 2.78 bits per heavy atom. The monoisotopic (exact) mass is 126 g/mol. The SMILES string of the molecule is Cn1[c]nc(C(=O)O)n1. The molecule has 0 amide bonds. The van der Waals surface area contributed by atoms with Gasteiger partial charge < -0.3 is 5.11 Å². The summed E-state index contributed by atoms with van der Waals surface area (Å²) in [6.45, 7) is 0. The van der Waals surface area contributed by atoms with Crippen LogP contribution in [0.25, 0.3) is 0 Å². The number of carbonyl (C=O) groups is 1. The molecule has 0 aliphatic heterocycles. The molecule has 1 aromatic rings. The number of carboxylic acids is 1. The highest BCUT2D eigenvalue weighted by atomic mass is 16.4. The fourth-order valence-corrected chi connectivity index (χ4v) is 0.397. The van der Waals surface area contributed by atoms with Crippen LogP contribution in [0.15, 0.2) is 0 Å². The van der Waals surface area contributed by atoms with Crippen molar-refractivity contribution in [1.29, 1.82) is 0 Å². The second-order valence-electron chi connectivity index (χ2n) is 1.46. The number of aromatic carboxylic acids is 1. The first kappa shape index (κ1) is 5.74. The molecule has 0 atom stereocenters. The van der Waals surface area contributed by atoms with E-state index >= 15 is 0 Å². The van der Waals surface area contributed by atoms with Gasteiger partial charge in [0, 0.05) is 7.05 Å². The molecule has 5 nitrogen and oxygen atoms in total. The Morgan fingerprint density at radius 2 is 2.56 bits per heavy atom. The minimum Gasteiger partial charge on any atom is -0.475 e. The summed E-state index contributed by atoms with van der Waals surface area (Å²) in [6.07, 6.45) is 2.32. The van der Waals surface area contributed by atoms with Crippen LogP contribution in [0.5, 0.6) is 0 Å². The molecule has 1 aromatic heterocycles. The predicted molar refractivity (Wildman–Crippen MR) is 26.8 cm³/mol. The van der Waals surface area contributed by atoms with Gasteiger partial charge in [-0.15, -0.1) is 5.10 Å². The number of aromatic nitrogens is 3. The van der Waals surface area contributed by atoms with E-state index in [-0.39, 0.29) is 5.82 Å². The number of aryl methyl sites for hydroxylation is 1. The first-order valence-electron chi connectivity index (χ1n) is 2.22. The van der Waals surface area contributed by atoms with Crippen LogP contribution in [0.3, 0.4) is 0 Å². The van der Waals surface area contributed by atoms with Gasteiger partial charge in [0.2, 0.25) is 0 Å². The topological polar surface area (TPSA) is 68.0 Å². The molecule has 0 unspecified atom stereocenters. The van der Waals surface area contributed by atoms with Gasteiger partial charge in [-0.3, -0.25) is 0 Å². The van der Waals surface area contributed by atoms with E-state index in [0.29, 0.717) is 0 Å². The maximum absolute atomic E-state index is 10.1. The zero-order valence-electron chi connectivity index (χ0n) is 4.70. The molecule has 0 aromatic carbocycles. The number of rotatable bonds is 1. The van der Waals surface area contributed by atoms with Crippen LogP contribution in [0.4, 0.5) is 0 Å². The Kier molecular flexibility index (Phi) is 1.18. The molecule has 0 fully saturated rings. The summed E-state index contributed by atoms with van der Waals surface area (Å²) in [7, 11) is 1.56. The summed E-state index contributed by atoms with van der Waals surface area (Å²) >= 11 is 0. The van der Waals surface area contributed by atoms with Crippen LogP contribution < -0.4 is 0 Å². The molecule has 1 radical (unpaired) electrons. The van der Waals surface area contributed by atoms with E-state index < -0.39 is 5.97 Å². The zero-order chi connectivity index (χ0) is 6.85. The van der Waals surface area contributed by atoms with Crippen molar-refractivity contribution in [3.8, 4) is 0 Å². The molecule has 0 saturated heterocycles. The van der Waals surface area contributed by atoms with E-state index in [1.54, 1.807) is 7.05 Å². The summed E-state index contributed by atoms with van der Waals surface area (Å²) in [4.78, 5) is 13.4. The predicted octanol–water partition coefficient (Wildman–Crippen LogP) is -0.687. The lowest BCUT2D eigenvalue weighted by Gasteiger charge is -1.79. The number of carboxylic acid groups (broad SMARTS) is 1. The fraction of sp³-hybridized carbons (Fsp3) is 0.250. The van der Waals surface area contributed by atoms with Gasteiger partial charge in [-0.1, -0.05) is 0 Å². The summed E-state index contributed by atoms with van der Waals surface area (Å²) in [5.41, 5.74) is 0. The van der Waals surface area contributed by atoms with E-state index in [1.165, 1.54) is 4.68 Å². The van der Waals surface area contributed by atoms with E-state index in [2.05, 4.69) is 16.4 Å². The maximum Gasteiger partial charge on any atom is 0.375 e. The first-order chi connectivity index (χ1) is 4.20. The highest BCUT2D eigenvalue weighted by Gasteiger charge is 2.06. The Labute approximate surface area is 50.9 Å². The highest BCUT2D eigenvalue weighted by molar-refractivity contribution is 5.82. The molecule has 1 N–H and O–H groups in total. The molecule has 0 saturated carbocycles. The van der Waals surface area contributed by atoms with Crippen molar-refractivity contribution in [3.63, 3.8) is 0 Å². The van der Waals surface area contributed by atoms with Crippen molar-refractivity contribution >= 4 is 5.97 Å². The lowest BCUT2D eigenvalue weighted by molar-refractivity contribution is 0.0683. The van der Waals surface area contributed by atoms with Gasteiger partial charge in [-0.05, 0) is 0 Å². The molecule has 5 heteroatoms. The van der Waals surface area contributed by atoms with Gasteiger partial charge in [-0.2, -0.15) is 4.98 Å². The average molecular weight is 126 g/mol. The van der Waals surface area contributed by atoms with Gasteiger partial charge in [0.05, 0.1) is 0 Å². The second kappa shape index (κ2) is 1.85. The van der Waals surface area contributed by atoms with Crippen molar-refractivity contribution in [3.05, 3.63) is 12.2 Å². The minimum atomic E-state index is -1.13. The third-order valence-electron chi connectivity index (χ3n) is 0.737. The molecule has 1 rings (SSSR count). The van der Waals surface area contributed by atoms with Crippen LogP contribution >= 0.6 is 0 Å². The van der Waals surface area contributed by atoms with Gasteiger partial charge in [-0.25, -0.2) is 9.48 Å². The van der Waals surface area contributed by atoms with Crippen molar-refractivity contribution in [1.82, 2.24) is 14.8 Å². The normalized spacial score (nSPS) is 9.44. The standard InChI is InChI=1S/C4H4N3O2/c1-7-2-5-3(6-7)4(8)9/h1H3,(H,8,9). The van der Waals surface area contributed by atoms with Crippen molar-refractivity contribution < 1.29 is 9.90 Å². The molecule has 47 valence electrons. The third kappa shape index (κ3) is 1.04. The van der Waals surface area contributed by atoms with Gasteiger partial charge in [0.1, 0.15) is 0 Å². The molecule has 0 bridgehead atoms. The minimum absolute atomic E-state index is 0.225. The molecular weight excluding hydrogens is 122 g/mol. The van der Waals surface area contributed by atoms with E-state index in [1.807, 2.05) is 0 Å². The Bertz CT molecular complexity index is 229. The van der Waals surface area contributed by atoms with E-state index in [4.69, 9.17) is 5.11 Å². The van der Waals surface area contributed by atoms with Crippen LogP contribution in [-0.2, 0) is 7.05 Å². The second-order valence-corrected chi connectivity index (χ2v) is 1.46. The largest absolute Gasteiger partial charge is 0.475 e. The van der Waals surface area contributed by atoms with Gasteiger partial charge >= 0.3 is 5.97 Å². The van der Waals surface area contributed by atoms with Gasteiger partial charge in [0.25, 0.3) is 5.82 Å². The van der Waals surface area contributed by atoms with E-state index in [9.17, 15) is 4.79 Å². The quantitative estimate of drug-likeness (QED) is 0.541. The van der Waals surface area contributed by atoms with Crippen molar-refractivity contribution in [2.75, 3.05) is 0 Å². The third-order valence-corrected chi connectivity index (χ3v) is 0.737. The van der Waals surface area contributed by atoms with Crippen LogP contribution in [0.2, 0.25) is 0 Å². The molecular formula is C4H4N3O2. The number of hydrogen-bond donors (Lipinski definition) is 1. The highest BCUT2D eigenvalue weighted by Crippen LogP contribution is 1.84. The van der Waals surface area contributed by atoms with Crippen LogP contribution in [-0.4, -0.2) is 25.8 Å². The summed E-state index contributed by atoms with van der Waals surface area (Å²) < 4.78 is 1.21. The first-order valence-corrected chi connectivity index (χ1v) is 2.22. The molecule has 0 aliphatic carbocycles. The summed E-state index contributed by atoms with van der Waals surface area (Å²) in [6, 6.07) is 0. The summed E-state index contributed by atoms with van der Waals surface area (Å²) in [5.74, 6) is -1.36. The Balaban J connectivity index is 2.98. The number of hydrogen-bond acceptors (Lipinski definition) is 3. The zero-order valence-corrected chi connectivity index (χ0v) is 4.70. The smallest absolute Gasteiger partial charge is 0.375 e. The number of nitrogens with zero attached hydrogens (tertiary/aromatic N) is 3. The maximum atomic E-state index is 10.1. The molecule has 9 heavy (non-hydrogen) atoms. The lowest BCUT2D eigenvalue weighted by Crippen LogP contribution is -2.00. The average Bonchev–Trinajstić information content (AvgIpc) is 2.14. The fourth-order valence-electron chi connectivity index (χ4n) is 0.397. The van der Waals surface area contributed by atoms with Crippen molar-refractivity contribution in [2.24, 2.45) is 7.05 Å². The molecule has 1 heterocycles. The molecule has 0 spiro atoms. The Morgan fingerprint density at radius 1 is 1.89 bits per heavy atom. The Hall–Kier alpha value is -1.39. The van der Waals surface area contributed by atoms with E-state index in [0.717, 1.165) is 0 Å². The lowest BCUT2D eigenvalue weighted by atomic mass is 10.7. The van der Waals surface area contributed by atoms with Crippen LogP contribution in [0, 0.1) is 6.33 Å². The summed E-state index contributed by atoms with van der Waals surface area (Å²) in [5, 5.41) is 11.7. The van der Waals surface area contributed by atoms with Crippen LogP contribution in [0.1, 0.15) is 10.6 Å². The molecule has 0 aliphatic rings.